The topological polar surface area (TPSA) is 114 Å². The van der Waals surface area contributed by atoms with Crippen molar-refractivity contribution >= 4 is 17.6 Å². The zero-order valence-electron chi connectivity index (χ0n) is 24.0. The molecule has 4 aliphatic rings. The molecule has 0 fully saturated rings. The van der Waals surface area contributed by atoms with Crippen LogP contribution >= 0.6 is 0 Å². The molecule has 7 rings (SSSR count). The molecule has 4 aliphatic heterocycles. The number of nitrogens with zero attached hydrogens (tertiary/aromatic N) is 4. The Hall–Kier alpha value is -4.39. The lowest BCUT2D eigenvalue weighted by Gasteiger charge is -2.23. The van der Waals surface area contributed by atoms with Gasteiger partial charge in [0.25, 0.3) is 0 Å². The summed E-state index contributed by atoms with van der Waals surface area (Å²) in [5.41, 5.74) is 3.61. The Kier molecular flexibility index (Phi) is 11.1. The van der Waals surface area contributed by atoms with Crippen LogP contribution in [0.25, 0.3) is 5.70 Å². The van der Waals surface area contributed by atoms with Gasteiger partial charge < -0.3 is 25.4 Å². The molecule has 43 heavy (non-hydrogen) atoms. The Labute approximate surface area is 248 Å². The van der Waals surface area contributed by atoms with Crippen molar-refractivity contribution in [2.75, 3.05) is 51.3 Å². The fourth-order valence-electron chi connectivity index (χ4n) is 4.35. The summed E-state index contributed by atoms with van der Waals surface area (Å²) in [6.07, 6.45) is -3.79. The number of halogens is 3. The number of carbonyl (C=O) groups excluding carboxylic acids is 1. The highest BCUT2D eigenvalue weighted by molar-refractivity contribution is 5.81. The molecular weight excluding hydrogens is 563 g/mol. The molecule has 1 amide bonds. The van der Waals surface area contributed by atoms with E-state index in [-0.39, 0.29) is 19.1 Å². The van der Waals surface area contributed by atoms with Crippen molar-refractivity contribution in [2.45, 2.75) is 32.5 Å². The van der Waals surface area contributed by atoms with Gasteiger partial charge in [-0.05, 0) is 42.2 Å². The average Bonchev–Trinajstić information content (AvgIpc) is 2.98. The molecule has 10 nitrogen and oxygen atoms in total. The molecular formula is C30H36F3N7O3. The summed E-state index contributed by atoms with van der Waals surface area (Å²) in [5.74, 6) is -0.248. The smallest absolute Gasteiger partial charge is 0.471 e. The second kappa shape index (κ2) is 15.2. The van der Waals surface area contributed by atoms with Crippen LogP contribution in [-0.2, 0) is 17.8 Å². The first-order valence-corrected chi connectivity index (χ1v) is 14.1. The second-order valence-corrected chi connectivity index (χ2v) is 9.86. The van der Waals surface area contributed by atoms with E-state index in [2.05, 4.69) is 32.2 Å². The Bertz CT molecular complexity index is 1350. The van der Waals surface area contributed by atoms with Crippen molar-refractivity contribution in [2.24, 2.45) is 0 Å². The summed E-state index contributed by atoms with van der Waals surface area (Å²) in [4.78, 5) is 26.6. The van der Waals surface area contributed by atoms with Crippen LogP contribution < -0.4 is 25.4 Å². The molecule has 2 aromatic carbocycles. The molecule has 0 spiro atoms. The normalized spacial score (nSPS) is 15.2. The number of benzene rings is 2. The van der Waals surface area contributed by atoms with Crippen LogP contribution in [0.4, 0.5) is 19.1 Å². The minimum atomic E-state index is -4.91. The number of aromatic nitrogens is 3. The predicted octanol–water partition coefficient (Wildman–Crippen LogP) is 3.80. The summed E-state index contributed by atoms with van der Waals surface area (Å²) in [6.45, 7) is 9.09. The van der Waals surface area contributed by atoms with Crippen LogP contribution in [0.5, 0.6) is 11.8 Å². The van der Waals surface area contributed by atoms with E-state index in [0.29, 0.717) is 75.5 Å². The molecule has 230 valence electrons. The zero-order chi connectivity index (χ0) is 30.7. The molecule has 0 unspecified atom stereocenters. The van der Waals surface area contributed by atoms with E-state index in [1.54, 1.807) is 0 Å². The van der Waals surface area contributed by atoms with Crippen LogP contribution in [0.1, 0.15) is 35.9 Å². The molecule has 0 saturated carbocycles. The van der Waals surface area contributed by atoms with Gasteiger partial charge in [0.15, 0.2) is 0 Å². The number of anilines is 1. The molecule has 0 aliphatic carbocycles. The van der Waals surface area contributed by atoms with Crippen LogP contribution in [0.3, 0.4) is 0 Å². The first-order valence-electron chi connectivity index (χ1n) is 14.1. The minimum absolute atomic E-state index is 0.120. The largest absolute Gasteiger partial charge is 0.494 e. The number of alkyl halides is 3. The molecule has 0 radical (unpaired) electrons. The molecule has 1 aromatic heterocycles. The van der Waals surface area contributed by atoms with Crippen LogP contribution in [-0.4, -0.2) is 77.9 Å². The number of nitrogens with one attached hydrogen (secondary N) is 3. The lowest BCUT2D eigenvalue weighted by Crippen LogP contribution is -2.42. The van der Waals surface area contributed by atoms with Crippen LogP contribution in [0.2, 0.25) is 0 Å². The summed E-state index contributed by atoms with van der Waals surface area (Å²) >= 11 is 0. The van der Waals surface area contributed by atoms with Gasteiger partial charge in [0, 0.05) is 51.4 Å². The fraction of sp³-hybridized carbons (Fsp3) is 0.400. The number of hydrogen-bond acceptors (Lipinski definition) is 9. The first kappa shape index (κ1) is 31.5. The van der Waals surface area contributed by atoms with Crippen molar-refractivity contribution < 1.29 is 27.4 Å². The monoisotopic (exact) mass is 599 g/mol. The summed E-state index contributed by atoms with van der Waals surface area (Å²) in [6, 6.07) is 15.8. The number of rotatable bonds is 5. The van der Waals surface area contributed by atoms with Gasteiger partial charge in [0.1, 0.15) is 11.6 Å². The quantitative estimate of drug-likeness (QED) is 0.403. The van der Waals surface area contributed by atoms with Gasteiger partial charge in [-0.2, -0.15) is 28.1 Å². The molecule has 5 heterocycles. The predicted molar refractivity (Wildman–Crippen MR) is 157 cm³/mol. The zero-order valence-corrected chi connectivity index (χ0v) is 24.0. The Morgan fingerprint density at radius 2 is 1.79 bits per heavy atom. The van der Waals surface area contributed by atoms with Gasteiger partial charge >= 0.3 is 18.1 Å². The van der Waals surface area contributed by atoms with Gasteiger partial charge in [0.2, 0.25) is 5.95 Å². The molecule has 13 heteroatoms. The van der Waals surface area contributed by atoms with Crippen LogP contribution in [0, 0.1) is 0 Å². The minimum Gasteiger partial charge on any atom is -0.494 e. The maximum Gasteiger partial charge on any atom is 0.471 e. The first-order chi connectivity index (χ1) is 20.7. The van der Waals surface area contributed by atoms with Gasteiger partial charge in [-0.3, -0.25) is 9.69 Å². The standard InChI is InChI=1S/C30H36F3N7O3/c1-3-42-29-38-26-19-22-5-9-24(10-6-22)21(2)34-13-16-40(17-14-35-27(41)30(31,32)33)15-4-18-43-25-11-7-23(8-12-25)20-36-28(37-26)39-29/h5-12,34H,2-4,13-20H2,1H3,(H,35,41)(H,36,37,38,39). The number of amides is 1. The molecule has 3 N–H and O–H groups in total. The van der Waals surface area contributed by atoms with E-state index >= 15 is 0 Å². The van der Waals surface area contributed by atoms with E-state index in [9.17, 15) is 18.0 Å². The van der Waals surface area contributed by atoms with E-state index in [4.69, 9.17) is 9.47 Å². The van der Waals surface area contributed by atoms with Crippen molar-refractivity contribution in [3.8, 4) is 11.8 Å². The van der Waals surface area contributed by atoms with Gasteiger partial charge in [-0.1, -0.05) is 43.0 Å². The summed E-state index contributed by atoms with van der Waals surface area (Å²) < 4.78 is 49.2. The third-order valence-electron chi connectivity index (χ3n) is 6.60. The third-order valence-corrected chi connectivity index (χ3v) is 6.60. The fourth-order valence-corrected chi connectivity index (χ4v) is 4.35. The van der Waals surface area contributed by atoms with Crippen molar-refractivity contribution in [3.63, 3.8) is 0 Å². The average molecular weight is 600 g/mol. The van der Waals surface area contributed by atoms with E-state index in [1.807, 2.05) is 65.7 Å². The maximum atomic E-state index is 12.6. The van der Waals surface area contributed by atoms with E-state index < -0.39 is 12.1 Å². The Morgan fingerprint density at radius 1 is 1.05 bits per heavy atom. The van der Waals surface area contributed by atoms with Gasteiger partial charge in [-0.15, -0.1) is 0 Å². The van der Waals surface area contributed by atoms with E-state index in [1.165, 1.54) is 0 Å². The van der Waals surface area contributed by atoms with E-state index in [0.717, 1.165) is 16.7 Å². The number of carbonyl (C=O) groups is 1. The summed E-state index contributed by atoms with van der Waals surface area (Å²) in [7, 11) is 0. The highest BCUT2D eigenvalue weighted by Gasteiger charge is 2.38. The lowest BCUT2D eigenvalue weighted by molar-refractivity contribution is -0.173. The second-order valence-electron chi connectivity index (χ2n) is 9.86. The highest BCUT2D eigenvalue weighted by atomic mass is 19.4. The van der Waals surface area contributed by atoms with Gasteiger partial charge in [-0.25, -0.2) is 0 Å². The summed E-state index contributed by atoms with van der Waals surface area (Å²) in [5, 5.41) is 8.47. The Morgan fingerprint density at radius 3 is 2.51 bits per heavy atom. The van der Waals surface area contributed by atoms with Crippen molar-refractivity contribution in [1.29, 1.82) is 0 Å². The molecule has 3 aromatic rings. The van der Waals surface area contributed by atoms with Crippen molar-refractivity contribution in [3.05, 3.63) is 77.6 Å². The highest BCUT2D eigenvalue weighted by Crippen LogP contribution is 2.18. The SMILES string of the molecule is C=C1NCCN(CCNC(=O)C(F)(F)F)CCCOc2ccc(cc2)CNc2nc(nc(OCC)n2)Cc2ccc1cc2. The lowest BCUT2D eigenvalue weighted by atomic mass is 10.1. The molecule has 0 saturated heterocycles. The number of ether oxygens (including phenoxy) is 2. The molecule has 0 atom stereocenters. The van der Waals surface area contributed by atoms with Gasteiger partial charge in [0.05, 0.1) is 13.2 Å². The molecule has 6 bridgehead atoms. The maximum absolute atomic E-state index is 12.6. The van der Waals surface area contributed by atoms with Crippen molar-refractivity contribution in [1.82, 2.24) is 30.5 Å². The third kappa shape index (κ3) is 10.1. The Balaban J connectivity index is 1.48. The number of hydrogen-bond donors (Lipinski definition) is 3. The van der Waals surface area contributed by atoms with Crippen LogP contribution in [0.15, 0.2) is 55.1 Å².